The summed E-state index contributed by atoms with van der Waals surface area (Å²) >= 11 is 0. The van der Waals surface area contributed by atoms with Gasteiger partial charge in [0.15, 0.2) is 0 Å². The Labute approximate surface area is 137 Å². The lowest BCUT2D eigenvalue weighted by molar-refractivity contribution is -0.130. The molecule has 0 aliphatic carbocycles. The molecule has 6 nitrogen and oxygen atoms in total. The lowest BCUT2D eigenvalue weighted by atomic mass is 9.99. The first-order valence-corrected chi connectivity index (χ1v) is 7.86. The SMILES string of the molecule is O=C(CCn1ccc(=O)[nH]c1=O)N1CC[C@@H](c2ccc(F)cc2)C1. The molecule has 1 fully saturated rings. The van der Waals surface area contributed by atoms with Crippen LogP contribution in [0.25, 0.3) is 0 Å². The Hall–Kier alpha value is -2.70. The smallest absolute Gasteiger partial charge is 0.328 e. The minimum Gasteiger partial charge on any atom is -0.342 e. The molecular weight excluding hydrogens is 313 g/mol. The van der Waals surface area contributed by atoms with Crippen molar-refractivity contribution in [2.45, 2.75) is 25.3 Å². The van der Waals surface area contributed by atoms with Crippen LogP contribution in [0.2, 0.25) is 0 Å². The number of carbonyl (C=O) groups is 1. The molecule has 24 heavy (non-hydrogen) atoms. The van der Waals surface area contributed by atoms with Crippen molar-refractivity contribution in [3.05, 3.63) is 68.7 Å². The number of benzene rings is 1. The Bertz CT molecular complexity index is 841. The van der Waals surface area contributed by atoms with Gasteiger partial charge in [0.25, 0.3) is 5.56 Å². The highest BCUT2D eigenvalue weighted by atomic mass is 19.1. The van der Waals surface area contributed by atoms with Gasteiger partial charge < -0.3 is 9.47 Å². The molecule has 1 atom stereocenters. The number of halogens is 1. The van der Waals surface area contributed by atoms with Gasteiger partial charge in [-0.15, -0.1) is 0 Å². The van der Waals surface area contributed by atoms with E-state index in [2.05, 4.69) is 4.98 Å². The highest BCUT2D eigenvalue weighted by molar-refractivity contribution is 5.76. The molecular formula is C17H18FN3O3. The summed E-state index contributed by atoms with van der Waals surface area (Å²) in [5.74, 6) is -0.0842. The number of amides is 1. The van der Waals surface area contributed by atoms with Crippen molar-refractivity contribution in [3.63, 3.8) is 0 Å². The molecule has 0 unspecified atom stereocenters. The first-order valence-electron chi connectivity index (χ1n) is 7.86. The van der Waals surface area contributed by atoms with Gasteiger partial charge in [0, 0.05) is 44.2 Å². The van der Waals surface area contributed by atoms with Gasteiger partial charge >= 0.3 is 5.69 Å². The molecule has 2 aromatic rings. The number of rotatable bonds is 4. The van der Waals surface area contributed by atoms with E-state index < -0.39 is 11.2 Å². The summed E-state index contributed by atoms with van der Waals surface area (Å²) in [5, 5.41) is 0. The second kappa shape index (κ2) is 6.82. The Morgan fingerprint density at radius 3 is 2.67 bits per heavy atom. The van der Waals surface area contributed by atoms with E-state index in [1.165, 1.54) is 29.0 Å². The highest BCUT2D eigenvalue weighted by Crippen LogP contribution is 2.27. The summed E-state index contributed by atoms with van der Waals surface area (Å²) in [6.07, 6.45) is 2.43. The van der Waals surface area contributed by atoms with Gasteiger partial charge in [0.05, 0.1) is 0 Å². The zero-order valence-electron chi connectivity index (χ0n) is 13.1. The van der Waals surface area contributed by atoms with Crippen LogP contribution < -0.4 is 11.2 Å². The quantitative estimate of drug-likeness (QED) is 0.911. The number of carbonyl (C=O) groups excluding carboxylic acids is 1. The highest BCUT2D eigenvalue weighted by Gasteiger charge is 2.27. The number of nitrogens with one attached hydrogen (secondary N) is 1. The number of H-pyrrole nitrogens is 1. The fraction of sp³-hybridized carbons (Fsp3) is 0.353. The van der Waals surface area contributed by atoms with Crippen LogP contribution in [0, 0.1) is 5.82 Å². The maximum absolute atomic E-state index is 13.0. The average Bonchev–Trinajstić information content (AvgIpc) is 3.04. The number of hydrogen-bond donors (Lipinski definition) is 1. The minimum absolute atomic E-state index is 0.0299. The van der Waals surface area contributed by atoms with Gasteiger partial charge in [0.1, 0.15) is 5.82 Å². The molecule has 1 amide bonds. The fourth-order valence-electron chi connectivity index (χ4n) is 2.99. The number of aryl methyl sites for hydroxylation is 1. The number of nitrogens with zero attached hydrogens (tertiary/aromatic N) is 2. The Morgan fingerprint density at radius 2 is 1.96 bits per heavy atom. The summed E-state index contributed by atoms with van der Waals surface area (Å²) in [6, 6.07) is 7.64. The summed E-state index contributed by atoms with van der Waals surface area (Å²) in [7, 11) is 0. The maximum Gasteiger partial charge on any atom is 0.328 e. The molecule has 0 radical (unpaired) electrons. The topological polar surface area (TPSA) is 75.2 Å². The predicted molar refractivity (Wildman–Crippen MR) is 86.3 cm³/mol. The van der Waals surface area contributed by atoms with E-state index in [4.69, 9.17) is 0 Å². The van der Waals surface area contributed by atoms with Gasteiger partial charge in [0.2, 0.25) is 5.91 Å². The second-order valence-corrected chi connectivity index (χ2v) is 5.93. The monoisotopic (exact) mass is 331 g/mol. The lowest BCUT2D eigenvalue weighted by Crippen LogP contribution is -2.32. The Balaban J connectivity index is 1.57. The Kier molecular flexibility index (Phi) is 4.59. The van der Waals surface area contributed by atoms with Crippen molar-refractivity contribution < 1.29 is 9.18 Å². The van der Waals surface area contributed by atoms with Crippen LogP contribution >= 0.6 is 0 Å². The van der Waals surface area contributed by atoms with Crippen molar-refractivity contribution in [2.75, 3.05) is 13.1 Å². The van der Waals surface area contributed by atoms with Crippen molar-refractivity contribution >= 4 is 5.91 Å². The third-order valence-corrected chi connectivity index (χ3v) is 4.35. The number of aromatic nitrogens is 2. The molecule has 3 rings (SSSR count). The third kappa shape index (κ3) is 3.61. The van der Waals surface area contributed by atoms with Gasteiger partial charge in [-0.2, -0.15) is 0 Å². The molecule has 2 heterocycles. The zero-order chi connectivity index (χ0) is 17.1. The van der Waals surface area contributed by atoms with Crippen LogP contribution in [0.1, 0.15) is 24.3 Å². The van der Waals surface area contributed by atoms with Gasteiger partial charge in [-0.1, -0.05) is 12.1 Å². The van der Waals surface area contributed by atoms with Crippen LogP contribution in [-0.4, -0.2) is 33.4 Å². The summed E-state index contributed by atoms with van der Waals surface area (Å²) < 4.78 is 14.3. The first kappa shape index (κ1) is 16.2. The van der Waals surface area contributed by atoms with E-state index in [0.717, 1.165) is 12.0 Å². The number of hydrogen-bond acceptors (Lipinski definition) is 3. The van der Waals surface area contributed by atoms with Crippen molar-refractivity contribution in [3.8, 4) is 0 Å². The van der Waals surface area contributed by atoms with Crippen LogP contribution in [0.15, 0.2) is 46.1 Å². The fourth-order valence-corrected chi connectivity index (χ4v) is 2.99. The van der Waals surface area contributed by atoms with Gasteiger partial charge in [-0.3, -0.25) is 14.6 Å². The predicted octanol–water partition coefficient (Wildman–Crippen LogP) is 1.08. The van der Waals surface area contributed by atoms with E-state index >= 15 is 0 Å². The van der Waals surface area contributed by atoms with E-state index in [0.29, 0.717) is 13.1 Å². The standard InChI is InChI=1S/C17H18FN3O3/c18-14-3-1-12(2-4-14)13-5-8-21(11-13)16(23)7-10-20-9-6-15(22)19-17(20)24/h1-4,6,9,13H,5,7-8,10-11H2,(H,19,22,24)/t13-/m1/s1. The first-order chi connectivity index (χ1) is 11.5. The normalized spacial score (nSPS) is 17.2. The van der Waals surface area contributed by atoms with E-state index in [-0.39, 0.29) is 30.6 Å². The minimum atomic E-state index is -0.513. The second-order valence-electron chi connectivity index (χ2n) is 5.93. The van der Waals surface area contributed by atoms with E-state index in [9.17, 15) is 18.8 Å². The molecule has 1 N–H and O–H groups in total. The van der Waals surface area contributed by atoms with E-state index in [1.54, 1.807) is 17.0 Å². The molecule has 126 valence electrons. The van der Waals surface area contributed by atoms with Crippen molar-refractivity contribution in [1.82, 2.24) is 14.5 Å². The molecule has 0 spiro atoms. The molecule has 1 aliphatic rings. The third-order valence-electron chi connectivity index (χ3n) is 4.35. The van der Waals surface area contributed by atoms with Crippen LogP contribution in [0.4, 0.5) is 4.39 Å². The summed E-state index contributed by atoms with van der Waals surface area (Å²) in [5.41, 5.74) is 0.0636. The lowest BCUT2D eigenvalue weighted by Gasteiger charge is -2.17. The van der Waals surface area contributed by atoms with Crippen LogP contribution in [0.3, 0.4) is 0 Å². The van der Waals surface area contributed by atoms with Gasteiger partial charge in [-0.25, -0.2) is 9.18 Å². The number of likely N-dealkylation sites (tertiary alicyclic amines) is 1. The molecule has 1 aromatic heterocycles. The molecule has 1 aliphatic heterocycles. The summed E-state index contributed by atoms with van der Waals surface area (Å²) in [6.45, 7) is 1.48. The summed E-state index contributed by atoms with van der Waals surface area (Å²) in [4.78, 5) is 38.8. The van der Waals surface area contributed by atoms with Crippen molar-refractivity contribution in [1.29, 1.82) is 0 Å². The maximum atomic E-state index is 13.0. The van der Waals surface area contributed by atoms with E-state index in [1.807, 2.05) is 0 Å². The molecule has 1 aromatic carbocycles. The molecule has 0 saturated carbocycles. The van der Waals surface area contributed by atoms with Gasteiger partial charge in [-0.05, 0) is 24.1 Å². The van der Waals surface area contributed by atoms with Crippen LogP contribution in [0.5, 0.6) is 0 Å². The molecule has 7 heteroatoms. The largest absolute Gasteiger partial charge is 0.342 e. The van der Waals surface area contributed by atoms with Crippen molar-refractivity contribution in [2.24, 2.45) is 0 Å². The Morgan fingerprint density at radius 1 is 1.21 bits per heavy atom. The zero-order valence-corrected chi connectivity index (χ0v) is 13.1. The average molecular weight is 331 g/mol. The van der Waals surface area contributed by atoms with Crippen LogP contribution in [-0.2, 0) is 11.3 Å². The molecule has 0 bridgehead atoms. The number of aromatic amines is 1. The molecule has 1 saturated heterocycles.